The summed E-state index contributed by atoms with van der Waals surface area (Å²) in [7, 11) is 0. The Kier molecular flexibility index (Phi) is 4.65. The molecule has 9 nitrogen and oxygen atoms in total. The molecule has 0 amide bonds. The maximum Gasteiger partial charge on any atom is 0.214 e. The van der Waals surface area contributed by atoms with Crippen LogP contribution in [0.4, 0.5) is 5.00 Å². The van der Waals surface area contributed by atoms with Crippen LogP contribution < -0.4 is 0 Å². The standard InChI is InChI=1S/C18H13N7O2S/c1-10-11(6-19)18(28-24-10)23-22-13(7-20)17-21-12-4-2-3-5-14(12)25(17)8-15(26)16-9-27-16/h2-5,13,16H,8-9H2,1H3/b23-22+. The molecule has 0 saturated carbocycles. The zero-order chi connectivity index (χ0) is 19.7. The molecule has 1 aliphatic rings. The third kappa shape index (κ3) is 3.27. The molecule has 4 rings (SSSR count). The molecule has 1 saturated heterocycles. The monoisotopic (exact) mass is 391 g/mol. The maximum absolute atomic E-state index is 12.3. The smallest absolute Gasteiger partial charge is 0.214 e. The minimum absolute atomic E-state index is 0.0390. The molecule has 2 aromatic heterocycles. The second kappa shape index (κ2) is 7.27. The van der Waals surface area contributed by atoms with Crippen molar-refractivity contribution in [2.75, 3.05) is 6.61 Å². The van der Waals surface area contributed by atoms with Crippen molar-refractivity contribution in [2.24, 2.45) is 10.2 Å². The molecular formula is C18H13N7O2S. The number of Topliss-reactive ketones (excluding diaryl/α,β-unsaturated/α-hetero) is 1. The van der Waals surface area contributed by atoms with Crippen molar-refractivity contribution >= 4 is 33.4 Å². The van der Waals surface area contributed by atoms with Crippen molar-refractivity contribution in [1.82, 2.24) is 13.9 Å². The predicted octanol–water partition coefficient (Wildman–Crippen LogP) is 2.99. The average molecular weight is 391 g/mol. The lowest BCUT2D eigenvalue weighted by molar-refractivity contribution is -0.120. The van der Waals surface area contributed by atoms with Gasteiger partial charge in [-0.3, -0.25) is 4.79 Å². The van der Waals surface area contributed by atoms with Crippen LogP contribution in [0.1, 0.15) is 23.1 Å². The summed E-state index contributed by atoms with van der Waals surface area (Å²) in [6.45, 7) is 2.17. The van der Waals surface area contributed by atoms with Gasteiger partial charge in [-0.2, -0.15) is 20.0 Å². The van der Waals surface area contributed by atoms with E-state index in [2.05, 4.69) is 25.7 Å². The zero-order valence-electron chi connectivity index (χ0n) is 14.7. The van der Waals surface area contributed by atoms with Crippen LogP contribution in [0.5, 0.6) is 0 Å². The molecule has 0 spiro atoms. The molecule has 3 heterocycles. The summed E-state index contributed by atoms with van der Waals surface area (Å²) in [5.41, 5.74) is 2.29. The van der Waals surface area contributed by atoms with Crippen LogP contribution in [-0.4, -0.2) is 32.4 Å². The number of nitriles is 2. The molecule has 1 aromatic carbocycles. The van der Waals surface area contributed by atoms with Crippen molar-refractivity contribution in [1.29, 1.82) is 10.5 Å². The molecular weight excluding hydrogens is 378 g/mol. The van der Waals surface area contributed by atoms with Gasteiger partial charge in [0.05, 0.1) is 35.9 Å². The molecule has 28 heavy (non-hydrogen) atoms. The number of nitrogens with zero attached hydrogens (tertiary/aromatic N) is 7. The van der Waals surface area contributed by atoms with Crippen LogP contribution in [0, 0.1) is 29.6 Å². The highest BCUT2D eigenvalue weighted by Gasteiger charge is 2.32. The number of ketones is 1. The first kappa shape index (κ1) is 17.9. The molecule has 1 aliphatic heterocycles. The van der Waals surface area contributed by atoms with Crippen LogP contribution in [0.25, 0.3) is 11.0 Å². The molecule has 0 N–H and O–H groups in total. The molecule has 0 aliphatic carbocycles. The van der Waals surface area contributed by atoms with E-state index in [1.807, 2.05) is 24.3 Å². The summed E-state index contributed by atoms with van der Waals surface area (Å²) in [4.78, 5) is 16.8. The number of hydrogen-bond acceptors (Lipinski definition) is 9. The summed E-state index contributed by atoms with van der Waals surface area (Å²) >= 11 is 1.04. The largest absolute Gasteiger partial charge is 0.365 e. The highest BCUT2D eigenvalue weighted by atomic mass is 32.1. The topological polar surface area (TPSA) is 133 Å². The van der Waals surface area contributed by atoms with Gasteiger partial charge in [-0.15, -0.1) is 5.11 Å². The molecule has 1 fully saturated rings. The number of azo groups is 1. The summed E-state index contributed by atoms with van der Waals surface area (Å²) in [5, 5.41) is 27.3. The van der Waals surface area contributed by atoms with E-state index in [4.69, 9.17) is 4.74 Å². The summed E-state index contributed by atoms with van der Waals surface area (Å²) in [6, 6.07) is 10.4. The van der Waals surface area contributed by atoms with Crippen LogP contribution >= 0.6 is 11.5 Å². The second-order valence-electron chi connectivity index (χ2n) is 6.14. The van der Waals surface area contributed by atoms with E-state index in [9.17, 15) is 15.3 Å². The van der Waals surface area contributed by atoms with E-state index in [1.54, 1.807) is 17.6 Å². The van der Waals surface area contributed by atoms with E-state index >= 15 is 0 Å². The molecule has 0 radical (unpaired) electrons. The van der Waals surface area contributed by atoms with Gasteiger partial charge in [-0.05, 0) is 30.6 Å². The Morgan fingerprint density at radius 3 is 2.96 bits per heavy atom. The number of carbonyl (C=O) groups excluding carboxylic acids is 1. The molecule has 3 aromatic rings. The summed E-state index contributed by atoms with van der Waals surface area (Å²) < 4.78 is 10.8. The quantitative estimate of drug-likeness (QED) is 0.468. The highest BCUT2D eigenvalue weighted by molar-refractivity contribution is 7.10. The number of hydrogen-bond donors (Lipinski definition) is 0. The first-order valence-corrected chi connectivity index (χ1v) is 9.16. The summed E-state index contributed by atoms with van der Waals surface area (Å²) in [5.74, 6) is 0.240. The van der Waals surface area contributed by atoms with E-state index in [-0.39, 0.29) is 12.3 Å². The van der Waals surface area contributed by atoms with E-state index in [1.165, 1.54) is 0 Å². The molecule has 2 atom stereocenters. The first-order chi connectivity index (χ1) is 13.6. The lowest BCUT2D eigenvalue weighted by Crippen LogP contribution is -2.18. The van der Waals surface area contributed by atoms with Gasteiger partial charge in [0.15, 0.2) is 16.6 Å². The van der Waals surface area contributed by atoms with Crippen molar-refractivity contribution in [3.05, 3.63) is 41.3 Å². The van der Waals surface area contributed by atoms with Gasteiger partial charge >= 0.3 is 0 Å². The van der Waals surface area contributed by atoms with Gasteiger partial charge < -0.3 is 9.30 Å². The SMILES string of the molecule is Cc1nsc(/N=N/C(C#N)c2nc3ccccc3n2CC(=O)C2CO2)c1C#N. The average Bonchev–Trinajstić information content (AvgIpc) is 3.42. The van der Waals surface area contributed by atoms with Crippen LogP contribution in [-0.2, 0) is 16.1 Å². The fraction of sp³-hybridized carbons (Fsp3) is 0.278. The lowest BCUT2D eigenvalue weighted by atomic mass is 10.2. The lowest BCUT2D eigenvalue weighted by Gasteiger charge is -2.08. The minimum Gasteiger partial charge on any atom is -0.365 e. The Morgan fingerprint density at radius 1 is 1.46 bits per heavy atom. The molecule has 138 valence electrons. The minimum atomic E-state index is -1.03. The fourth-order valence-corrected chi connectivity index (χ4v) is 3.44. The number of rotatable bonds is 6. The number of imidazole rings is 1. The third-order valence-electron chi connectivity index (χ3n) is 4.28. The number of aromatic nitrogens is 3. The number of para-hydroxylation sites is 2. The van der Waals surface area contributed by atoms with E-state index in [0.717, 1.165) is 17.0 Å². The second-order valence-corrected chi connectivity index (χ2v) is 6.89. The summed E-state index contributed by atoms with van der Waals surface area (Å²) in [6.07, 6.45) is -0.394. The van der Waals surface area contributed by atoms with E-state index < -0.39 is 12.1 Å². The van der Waals surface area contributed by atoms with Crippen LogP contribution in [0.3, 0.4) is 0 Å². The van der Waals surface area contributed by atoms with Crippen molar-refractivity contribution < 1.29 is 9.53 Å². The number of epoxide rings is 1. The van der Waals surface area contributed by atoms with Crippen LogP contribution in [0.15, 0.2) is 34.5 Å². The Bertz CT molecular complexity index is 1180. The molecule has 10 heteroatoms. The molecule has 0 bridgehead atoms. The Hall–Kier alpha value is -3.47. The number of carbonyl (C=O) groups is 1. The van der Waals surface area contributed by atoms with Gasteiger partial charge in [0.25, 0.3) is 0 Å². The van der Waals surface area contributed by atoms with Crippen molar-refractivity contribution in [2.45, 2.75) is 25.6 Å². The third-order valence-corrected chi connectivity index (χ3v) is 5.10. The highest BCUT2D eigenvalue weighted by Crippen LogP contribution is 2.30. The van der Waals surface area contributed by atoms with Gasteiger partial charge in [-0.25, -0.2) is 4.98 Å². The number of fused-ring (bicyclic) bond motifs is 1. The normalized spacial score (nSPS) is 16.8. The van der Waals surface area contributed by atoms with Gasteiger partial charge in [0.2, 0.25) is 6.04 Å². The number of aryl methyl sites for hydroxylation is 1. The maximum atomic E-state index is 12.3. The van der Waals surface area contributed by atoms with Crippen molar-refractivity contribution in [3.8, 4) is 12.1 Å². The van der Waals surface area contributed by atoms with Gasteiger partial charge in [0, 0.05) is 0 Å². The fourth-order valence-electron chi connectivity index (χ4n) is 2.76. The Labute approximate surface area is 163 Å². The predicted molar refractivity (Wildman–Crippen MR) is 98.9 cm³/mol. The van der Waals surface area contributed by atoms with Gasteiger partial charge in [0.1, 0.15) is 17.7 Å². The van der Waals surface area contributed by atoms with Crippen molar-refractivity contribution in [3.63, 3.8) is 0 Å². The Balaban J connectivity index is 1.73. The Morgan fingerprint density at radius 2 is 2.25 bits per heavy atom. The van der Waals surface area contributed by atoms with Crippen LogP contribution in [0.2, 0.25) is 0 Å². The number of ether oxygens (including phenoxy) is 1. The molecule has 2 unspecified atom stereocenters. The van der Waals surface area contributed by atoms with Gasteiger partial charge in [-0.1, -0.05) is 12.1 Å². The first-order valence-electron chi connectivity index (χ1n) is 8.38. The zero-order valence-corrected chi connectivity index (χ0v) is 15.6. The number of benzene rings is 1. The van der Waals surface area contributed by atoms with E-state index in [0.29, 0.717) is 34.2 Å².